The number of nitrogens with zero attached hydrogens (tertiary/aromatic N) is 2. The molecule has 0 aromatic carbocycles. The first-order valence-electron chi connectivity index (χ1n) is 6.41. The first-order valence-corrected chi connectivity index (χ1v) is 7.89. The summed E-state index contributed by atoms with van der Waals surface area (Å²) in [5.41, 5.74) is 0. The van der Waals surface area contributed by atoms with E-state index in [1.165, 1.54) is 12.4 Å². The van der Waals surface area contributed by atoms with Gasteiger partial charge in [0.05, 0.1) is 12.4 Å². The number of hydrogen-bond acceptors (Lipinski definition) is 5. The number of sulfonamides is 1. The number of nitrogens with one attached hydrogen (secondary N) is 2. The summed E-state index contributed by atoms with van der Waals surface area (Å²) < 4.78 is 26.8. The van der Waals surface area contributed by atoms with Gasteiger partial charge in [0.2, 0.25) is 16.0 Å². The van der Waals surface area contributed by atoms with Gasteiger partial charge in [-0.25, -0.2) is 23.1 Å². The molecule has 0 fully saturated rings. The Balaban J connectivity index is 2.74. The zero-order valence-electron chi connectivity index (χ0n) is 11.8. The fraction of sp³-hybridized carbons (Fsp3) is 0.667. The molecule has 0 radical (unpaired) electrons. The monoisotopic (exact) mass is 286 g/mol. The van der Waals surface area contributed by atoms with Crippen molar-refractivity contribution in [3.05, 3.63) is 12.4 Å². The molecule has 0 amide bonds. The third kappa shape index (κ3) is 4.76. The molecule has 1 aromatic rings. The Bertz CT molecular complexity index is 487. The van der Waals surface area contributed by atoms with E-state index in [2.05, 4.69) is 33.9 Å². The molecule has 0 aliphatic rings. The second-order valence-electron chi connectivity index (χ2n) is 4.76. The minimum absolute atomic E-state index is 0.0856. The van der Waals surface area contributed by atoms with Crippen molar-refractivity contribution in [2.45, 2.75) is 44.6 Å². The van der Waals surface area contributed by atoms with Crippen molar-refractivity contribution in [2.75, 3.05) is 12.4 Å². The molecule has 0 bridgehead atoms. The van der Waals surface area contributed by atoms with E-state index < -0.39 is 10.0 Å². The standard InChI is InChI=1S/C12H22N4O2S/c1-5-9(2)6-10(3)16-19(17,18)11-7-14-12(13-4)15-8-11/h7-10,16H,5-6H2,1-4H3,(H,13,14,15). The number of hydrogen-bond donors (Lipinski definition) is 2. The van der Waals surface area contributed by atoms with Gasteiger partial charge in [-0.05, 0) is 19.3 Å². The topological polar surface area (TPSA) is 84.0 Å². The van der Waals surface area contributed by atoms with Crippen LogP contribution in [0.25, 0.3) is 0 Å². The first kappa shape index (κ1) is 15.8. The predicted octanol–water partition coefficient (Wildman–Crippen LogP) is 1.62. The Kier molecular flexibility index (Phi) is 5.68. The molecule has 0 spiro atoms. The average molecular weight is 286 g/mol. The third-order valence-electron chi connectivity index (χ3n) is 2.97. The number of aromatic nitrogens is 2. The lowest BCUT2D eigenvalue weighted by Crippen LogP contribution is -2.33. The minimum Gasteiger partial charge on any atom is -0.357 e. The maximum absolute atomic E-state index is 12.1. The fourth-order valence-corrected chi connectivity index (χ4v) is 2.88. The van der Waals surface area contributed by atoms with E-state index in [-0.39, 0.29) is 10.9 Å². The van der Waals surface area contributed by atoms with Crippen LogP contribution in [0.2, 0.25) is 0 Å². The Morgan fingerprint density at radius 1 is 1.26 bits per heavy atom. The Hall–Kier alpha value is -1.21. The van der Waals surface area contributed by atoms with Crippen LogP contribution in [-0.2, 0) is 10.0 Å². The molecule has 108 valence electrons. The van der Waals surface area contributed by atoms with Crippen LogP contribution in [0.5, 0.6) is 0 Å². The van der Waals surface area contributed by atoms with Crippen molar-refractivity contribution in [3.63, 3.8) is 0 Å². The van der Waals surface area contributed by atoms with Crippen LogP contribution in [0.4, 0.5) is 5.95 Å². The van der Waals surface area contributed by atoms with Gasteiger partial charge >= 0.3 is 0 Å². The molecule has 2 unspecified atom stereocenters. The number of rotatable bonds is 7. The van der Waals surface area contributed by atoms with Gasteiger partial charge in [-0.2, -0.15) is 0 Å². The van der Waals surface area contributed by atoms with Crippen LogP contribution in [0.1, 0.15) is 33.6 Å². The van der Waals surface area contributed by atoms with Crippen LogP contribution < -0.4 is 10.0 Å². The normalized spacial score (nSPS) is 14.9. The minimum atomic E-state index is -3.54. The van der Waals surface area contributed by atoms with Gasteiger partial charge in [0.1, 0.15) is 4.90 Å². The lowest BCUT2D eigenvalue weighted by atomic mass is 10.0. The van der Waals surface area contributed by atoms with E-state index in [0.717, 1.165) is 12.8 Å². The zero-order chi connectivity index (χ0) is 14.5. The molecule has 1 heterocycles. The van der Waals surface area contributed by atoms with Gasteiger partial charge in [-0.15, -0.1) is 0 Å². The molecule has 6 nitrogen and oxygen atoms in total. The molecule has 2 N–H and O–H groups in total. The summed E-state index contributed by atoms with van der Waals surface area (Å²) in [5, 5.41) is 2.74. The summed E-state index contributed by atoms with van der Waals surface area (Å²) in [4.78, 5) is 7.90. The fourth-order valence-electron chi connectivity index (χ4n) is 1.74. The maximum Gasteiger partial charge on any atom is 0.243 e. The highest BCUT2D eigenvalue weighted by atomic mass is 32.2. The lowest BCUT2D eigenvalue weighted by molar-refractivity contribution is 0.445. The molecule has 2 atom stereocenters. The van der Waals surface area contributed by atoms with Gasteiger partial charge in [0.25, 0.3) is 0 Å². The van der Waals surface area contributed by atoms with Crippen molar-refractivity contribution in [2.24, 2.45) is 5.92 Å². The predicted molar refractivity (Wildman–Crippen MR) is 75.4 cm³/mol. The van der Waals surface area contributed by atoms with Crippen molar-refractivity contribution in [3.8, 4) is 0 Å². The maximum atomic E-state index is 12.1. The highest BCUT2D eigenvalue weighted by Gasteiger charge is 2.19. The second-order valence-corrected chi connectivity index (χ2v) is 6.48. The van der Waals surface area contributed by atoms with E-state index in [9.17, 15) is 8.42 Å². The summed E-state index contributed by atoms with van der Waals surface area (Å²) in [6.45, 7) is 6.07. The van der Waals surface area contributed by atoms with Gasteiger partial charge in [-0.3, -0.25) is 0 Å². The van der Waals surface area contributed by atoms with Crippen molar-refractivity contribution < 1.29 is 8.42 Å². The SMILES string of the molecule is CCC(C)CC(C)NS(=O)(=O)c1cnc(NC)nc1. The molecular formula is C12H22N4O2S. The summed E-state index contributed by atoms with van der Waals surface area (Å²) >= 11 is 0. The molecule has 0 saturated heterocycles. The summed E-state index contributed by atoms with van der Waals surface area (Å²) in [5.74, 6) is 0.882. The van der Waals surface area contributed by atoms with E-state index in [1.807, 2.05) is 6.92 Å². The summed E-state index contributed by atoms with van der Waals surface area (Å²) in [6, 6.07) is -0.107. The zero-order valence-corrected chi connectivity index (χ0v) is 12.7. The van der Waals surface area contributed by atoms with Gasteiger partial charge in [0, 0.05) is 13.1 Å². The van der Waals surface area contributed by atoms with E-state index in [1.54, 1.807) is 7.05 Å². The van der Waals surface area contributed by atoms with E-state index in [0.29, 0.717) is 11.9 Å². The summed E-state index contributed by atoms with van der Waals surface area (Å²) in [7, 11) is -1.86. The summed E-state index contributed by atoms with van der Waals surface area (Å²) in [6.07, 6.45) is 4.45. The molecule has 0 aliphatic heterocycles. The molecule has 1 rings (SSSR count). The third-order valence-corrected chi connectivity index (χ3v) is 4.52. The Morgan fingerprint density at radius 3 is 2.32 bits per heavy atom. The molecule has 0 saturated carbocycles. The molecule has 1 aromatic heterocycles. The van der Waals surface area contributed by atoms with Crippen LogP contribution in [-0.4, -0.2) is 31.5 Å². The van der Waals surface area contributed by atoms with Gasteiger partial charge < -0.3 is 5.32 Å². The highest BCUT2D eigenvalue weighted by Crippen LogP contribution is 2.13. The van der Waals surface area contributed by atoms with Crippen molar-refractivity contribution in [1.29, 1.82) is 0 Å². The van der Waals surface area contributed by atoms with Crippen LogP contribution >= 0.6 is 0 Å². The Labute approximate surface area is 115 Å². The molecular weight excluding hydrogens is 264 g/mol. The second kappa shape index (κ2) is 6.81. The smallest absolute Gasteiger partial charge is 0.243 e. The molecule has 0 aliphatic carbocycles. The molecule has 7 heteroatoms. The van der Waals surface area contributed by atoms with Gasteiger partial charge in [-0.1, -0.05) is 20.3 Å². The Morgan fingerprint density at radius 2 is 1.84 bits per heavy atom. The van der Waals surface area contributed by atoms with Crippen LogP contribution in [0, 0.1) is 5.92 Å². The van der Waals surface area contributed by atoms with Crippen LogP contribution in [0.15, 0.2) is 17.3 Å². The van der Waals surface area contributed by atoms with Crippen molar-refractivity contribution >= 4 is 16.0 Å². The van der Waals surface area contributed by atoms with E-state index >= 15 is 0 Å². The largest absolute Gasteiger partial charge is 0.357 e. The average Bonchev–Trinajstić information content (AvgIpc) is 2.37. The van der Waals surface area contributed by atoms with E-state index in [4.69, 9.17) is 0 Å². The quantitative estimate of drug-likeness (QED) is 0.795. The number of anilines is 1. The highest BCUT2D eigenvalue weighted by molar-refractivity contribution is 7.89. The van der Waals surface area contributed by atoms with Crippen LogP contribution in [0.3, 0.4) is 0 Å². The lowest BCUT2D eigenvalue weighted by Gasteiger charge is -2.17. The molecule has 19 heavy (non-hydrogen) atoms. The first-order chi connectivity index (χ1) is 8.89. The van der Waals surface area contributed by atoms with Gasteiger partial charge in [0.15, 0.2) is 0 Å². The van der Waals surface area contributed by atoms with Crippen molar-refractivity contribution in [1.82, 2.24) is 14.7 Å².